The Hall–Kier alpha value is -3.91. The van der Waals surface area contributed by atoms with Gasteiger partial charge in [-0.15, -0.1) is 0 Å². The minimum atomic E-state index is -1.44. The summed E-state index contributed by atoms with van der Waals surface area (Å²) in [6.07, 6.45) is 0. The SMILES string of the molecule is C[C@@H](NC[C@H]1CN(c2c(F)cc(C(=O)O)cc2F)C[C@@H]1c1cccc(F)c1F)c1cccc2ccccc12. The van der Waals surface area contributed by atoms with Crippen molar-refractivity contribution in [3.8, 4) is 0 Å². The molecule has 1 saturated heterocycles. The van der Waals surface area contributed by atoms with Crippen LogP contribution >= 0.6 is 0 Å². The lowest BCUT2D eigenvalue weighted by Crippen LogP contribution is -2.30. The van der Waals surface area contributed by atoms with Crippen LogP contribution in [0.3, 0.4) is 0 Å². The summed E-state index contributed by atoms with van der Waals surface area (Å²) < 4.78 is 58.8. The third-order valence-corrected chi connectivity index (χ3v) is 7.38. The van der Waals surface area contributed by atoms with E-state index in [1.807, 2.05) is 49.4 Å². The predicted molar refractivity (Wildman–Crippen MR) is 138 cm³/mol. The standard InChI is InChI=1S/C30H26F4N2O2/c1-17(21-9-4-7-18-6-2-3-8-22(18)21)35-14-20-15-36(16-24(20)23-10-5-11-25(31)28(23)34)29-26(32)12-19(30(37)38)13-27(29)33/h2-13,17,20,24,35H,14-16H2,1H3,(H,37,38)/t17-,20+,24+/m1/s1. The van der Waals surface area contributed by atoms with Gasteiger partial charge in [0.15, 0.2) is 11.6 Å². The van der Waals surface area contributed by atoms with E-state index in [0.29, 0.717) is 6.54 Å². The Kier molecular flexibility index (Phi) is 7.08. The number of fused-ring (bicyclic) bond motifs is 1. The Morgan fingerprint density at radius 3 is 2.37 bits per heavy atom. The van der Waals surface area contributed by atoms with Crippen LogP contribution in [0.2, 0.25) is 0 Å². The summed E-state index contributed by atoms with van der Waals surface area (Å²) >= 11 is 0. The molecule has 8 heteroatoms. The summed E-state index contributed by atoms with van der Waals surface area (Å²) in [7, 11) is 0. The van der Waals surface area contributed by atoms with Crippen LogP contribution in [-0.2, 0) is 0 Å². The van der Waals surface area contributed by atoms with Crippen molar-refractivity contribution in [2.24, 2.45) is 5.92 Å². The molecule has 0 spiro atoms. The van der Waals surface area contributed by atoms with E-state index in [4.69, 9.17) is 5.11 Å². The van der Waals surface area contributed by atoms with Crippen LogP contribution in [0.5, 0.6) is 0 Å². The second-order valence-electron chi connectivity index (χ2n) is 9.71. The van der Waals surface area contributed by atoms with Gasteiger partial charge in [-0.1, -0.05) is 54.6 Å². The van der Waals surface area contributed by atoms with Crippen LogP contribution in [-0.4, -0.2) is 30.7 Å². The van der Waals surface area contributed by atoms with Crippen molar-refractivity contribution in [3.63, 3.8) is 0 Å². The molecule has 0 aliphatic carbocycles. The van der Waals surface area contributed by atoms with Crippen LogP contribution in [0.25, 0.3) is 10.8 Å². The van der Waals surface area contributed by atoms with E-state index in [2.05, 4.69) is 5.32 Å². The average molecular weight is 523 g/mol. The summed E-state index contributed by atoms with van der Waals surface area (Å²) in [5.41, 5.74) is 0.340. The zero-order valence-electron chi connectivity index (χ0n) is 20.6. The average Bonchev–Trinajstić information content (AvgIpc) is 3.31. The molecule has 4 aromatic carbocycles. The highest BCUT2D eigenvalue weighted by molar-refractivity contribution is 5.88. The minimum absolute atomic E-state index is 0.0373. The van der Waals surface area contributed by atoms with E-state index in [9.17, 15) is 22.4 Å². The number of aromatic carboxylic acids is 1. The van der Waals surface area contributed by atoms with Crippen LogP contribution in [0, 0.1) is 29.2 Å². The minimum Gasteiger partial charge on any atom is -0.478 e. The predicted octanol–water partition coefficient (Wildman–Crippen LogP) is 6.67. The van der Waals surface area contributed by atoms with Gasteiger partial charge in [0.1, 0.15) is 17.3 Å². The van der Waals surface area contributed by atoms with E-state index in [1.165, 1.54) is 17.0 Å². The summed E-state index contributed by atoms with van der Waals surface area (Å²) in [5, 5.41) is 14.8. The molecule has 0 aromatic heterocycles. The fourth-order valence-electron chi connectivity index (χ4n) is 5.48. The number of hydrogen-bond acceptors (Lipinski definition) is 3. The quantitative estimate of drug-likeness (QED) is 0.267. The van der Waals surface area contributed by atoms with Gasteiger partial charge in [0, 0.05) is 31.6 Å². The van der Waals surface area contributed by atoms with Gasteiger partial charge in [-0.05, 0) is 52.9 Å². The zero-order chi connectivity index (χ0) is 27.0. The highest BCUT2D eigenvalue weighted by Crippen LogP contribution is 2.39. The van der Waals surface area contributed by atoms with E-state index in [1.54, 1.807) is 0 Å². The lowest BCUT2D eigenvalue weighted by atomic mass is 9.88. The maximum absolute atomic E-state index is 14.9. The van der Waals surface area contributed by atoms with Crippen molar-refractivity contribution in [2.75, 3.05) is 24.5 Å². The maximum Gasteiger partial charge on any atom is 0.335 e. The molecule has 4 nitrogen and oxygen atoms in total. The topological polar surface area (TPSA) is 52.6 Å². The smallest absolute Gasteiger partial charge is 0.335 e. The van der Waals surface area contributed by atoms with Crippen LogP contribution in [0.1, 0.15) is 40.4 Å². The number of carboxylic acid groups (broad SMARTS) is 1. The fraction of sp³-hybridized carbons (Fsp3) is 0.233. The molecular formula is C30H26F4N2O2. The number of hydrogen-bond donors (Lipinski definition) is 2. The van der Waals surface area contributed by atoms with Gasteiger partial charge in [-0.25, -0.2) is 22.4 Å². The highest BCUT2D eigenvalue weighted by atomic mass is 19.2. The Bertz CT molecular complexity index is 1480. The molecule has 3 atom stereocenters. The maximum atomic E-state index is 14.9. The van der Waals surface area contributed by atoms with Crippen molar-refractivity contribution < 1.29 is 27.5 Å². The number of nitrogens with one attached hydrogen (secondary N) is 1. The Balaban J connectivity index is 1.45. The van der Waals surface area contributed by atoms with E-state index in [-0.39, 0.29) is 36.3 Å². The number of anilines is 1. The number of nitrogens with zero attached hydrogens (tertiary/aromatic N) is 1. The first kappa shape index (κ1) is 25.7. The largest absolute Gasteiger partial charge is 0.478 e. The molecule has 0 radical (unpaired) electrons. The number of carbonyl (C=O) groups is 1. The first-order valence-corrected chi connectivity index (χ1v) is 12.4. The second-order valence-corrected chi connectivity index (χ2v) is 9.71. The molecule has 38 heavy (non-hydrogen) atoms. The Morgan fingerprint density at radius 2 is 1.63 bits per heavy atom. The number of rotatable bonds is 7. The van der Waals surface area contributed by atoms with Crippen molar-refractivity contribution in [1.82, 2.24) is 5.32 Å². The third kappa shape index (κ3) is 4.84. The molecule has 0 unspecified atom stereocenters. The van der Waals surface area contributed by atoms with E-state index < -0.39 is 40.7 Å². The molecule has 1 aliphatic heterocycles. The Morgan fingerprint density at radius 1 is 0.947 bits per heavy atom. The van der Waals surface area contributed by atoms with E-state index >= 15 is 0 Å². The lowest BCUT2D eigenvalue weighted by molar-refractivity contribution is 0.0695. The number of benzene rings is 4. The zero-order valence-corrected chi connectivity index (χ0v) is 20.6. The molecule has 0 amide bonds. The van der Waals surface area contributed by atoms with Gasteiger partial charge < -0.3 is 15.3 Å². The molecule has 196 valence electrons. The number of carboxylic acids is 1. The molecule has 1 fully saturated rings. The van der Waals surface area contributed by atoms with Gasteiger partial charge in [0.2, 0.25) is 0 Å². The third-order valence-electron chi connectivity index (χ3n) is 7.38. The molecule has 1 aliphatic rings. The summed E-state index contributed by atoms with van der Waals surface area (Å²) in [4.78, 5) is 12.7. The summed E-state index contributed by atoms with van der Waals surface area (Å²) in [6, 6.07) is 19.4. The molecule has 0 saturated carbocycles. The van der Waals surface area contributed by atoms with Crippen molar-refractivity contribution in [2.45, 2.75) is 18.9 Å². The monoisotopic (exact) mass is 522 g/mol. The van der Waals surface area contributed by atoms with Crippen LogP contribution < -0.4 is 10.2 Å². The molecule has 4 aromatic rings. The van der Waals surface area contributed by atoms with Crippen molar-refractivity contribution in [3.05, 3.63) is 113 Å². The van der Waals surface area contributed by atoms with Gasteiger partial charge >= 0.3 is 5.97 Å². The number of halogens is 4. The molecule has 5 rings (SSSR count). The van der Waals surface area contributed by atoms with Gasteiger partial charge in [0.25, 0.3) is 0 Å². The van der Waals surface area contributed by atoms with Gasteiger partial charge in [-0.2, -0.15) is 0 Å². The first-order chi connectivity index (χ1) is 18.2. The lowest BCUT2D eigenvalue weighted by Gasteiger charge is -2.23. The molecular weight excluding hydrogens is 496 g/mol. The van der Waals surface area contributed by atoms with Gasteiger partial charge in [0.05, 0.1) is 5.56 Å². The van der Waals surface area contributed by atoms with Crippen molar-refractivity contribution >= 4 is 22.4 Å². The first-order valence-electron chi connectivity index (χ1n) is 12.4. The normalized spacial score (nSPS) is 18.2. The van der Waals surface area contributed by atoms with Crippen LogP contribution in [0.15, 0.2) is 72.8 Å². The Labute approximate surface area is 217 Å². The van der Waals surface area contributed by atoms with Gasteiger partial charge in [-0.3, -0.25) is 0 Å². The summed E-state index contributed by atoms with van der Waals surface area (Å²) in [5.74, 6) is -6.32. The summed E-state index contributed by atoms with van der Waals surface area (Å²) in [6.45, 7) is 2.58. The van der Waals surface area contributed by atoms with Crippen molar-refractivity contribution in [1.29, 1.82) is 0 Å². The molecule has 2 N–H and O–H groups in total. The molecule has 1 heterocycles. The van der Waals surface area contributed by atoms with Crippen LogP contribution in [0.4, 0.5) is 23.2 Å². The fourth-order valence-corrected chi connectivity index (χ4v) is 5.48. The highest BCUT2D eigenvalue weighted by Gasteiger charge is 2.38. The second kappa shape index (κ2) is 10.5. The van der Waals surface area contributed by atoms with E-state index in [0.717, 1.165) is 34.5 Å². The molecule has 0 bridgehead atoms.